The molecule has 0 saturated carbocycles. The third-order valence-corrected chi connectivity index (χ3v) is 5.21. The normalized spacial score (nSPS) is 19.6. The van der Waals surface area contributed by atoms with Crippen LogP contribution in [-0.2, 0) is 0 Å². The fraction of sp³-hybridized carbons (Fsp3) is 0.300. The molecule has 0 atom stereocenters. The van der Waals surface area contributed by atoms with E-state index in [1.54, 1.807) is 0 Å². The Balaban J connectivity index is 2.38. The van der Waals surface area contributed by atoms with E-state index in [1.165, 1.54) is 0 Å². The molecule has 0 radical (unpaired) electrons. The van der Waals surface area contributed by atoms with Gasteiger partial charge in [0.15, 0.2) is 8.24 Å². The maximum atomic E-state index is 11.6. The first kappa shape index (κ1) is 9.27. The van der Waals surface area contributed by atoms with Gasteiger partial charge < -0.3 is 9.88 Å². The van der Waals surface area contributed by atoms with Crippen molar-refractivity contribution in [3.63, 3.8) is 0 Å². The van der Waals surface area contributed by atoms with Crippen molar-refractivity contribution in [1.82, 2.24) is 5.32 Å². The summed E-state index contributed by atoms with van der Waals surface area (Å²) in [6.07, 6.45) is 0.834. The van der Waals surface area contributed by atoms with Crippen molar-refractivity contribution in [2.45, 2.75) is 13.1 Å². The van der Waals surface area contributed by atoms with Crippen LogP contribution >= 0.6 is 0 Å². The fourth-order valence-electron chi connectivity index (χ4n) is 1.77. The molecule has 1 aromatic rings. The molecule has 1 N–H and O–H groups in total. The SMILES string of the molecule is C[Si]1(C)CNC(=O)N1c1ccccc1. The zero-order valence-corrected chi connectivity index (χ0v) is 9.45. The summed E-state index contributed by atoms with van der Waals surface area (Å²) in [6, 6.07) is 9.91. The molecule has 74 valence electrons. The number of hydrogen-bond acceptors (Lipinski definition) is 1. The second-order valence-corrected chi connectivity index (χ2v) is 8.57. The van der Waals surface area contributed by atoms with E-state index in [1.807, 2.05) is 34.9 Å². The predicted octanol–water partition coefficient (Wildman–Crippen LogP) is 1.96. The highest BCUT2D eigenvalue weighted by Gasteiger charge is 2.40. The van der Waals surface area contributed by atoms with Crippen LogP contribution in [0.5, 0.6) is 0 Å². The number of para-hydroxylation sites is 1. The number of rotatable bonds is 1. The van der Waals surface area contributed by atoms with Crippen molar-refractivity contribution < 1.29 is 4.79 Å². The third kappa shape index (κ3) is 1.41. The molecule has 0 spiro atoms. The topological polar surface area (TPSA) is 32.3 Å². The smallest absolute Gasteiger partial charge is 0.313 e. The second kappa shape index (κ2) is 3.13. The number of carbonyl (C=O) groups is 1. The van der Waals surface area contributed by atoms with Gasteiger partial charge in [0.1, 0.15) is 0 Å². The highest BCUT2D eigenvalue weighted by molar-refractivity contribution is 6.86. The molecule has 1 aliphatic heterocycles. The molecular formula is C10H14N2OSi. The van der Waals surface area contributed by atoms with Crippen molar-refractivity contribution in [2.24, 2.45) is 0 Å². The van der Waals surface area contributed by atoms with Gasteiger partial charge in [0.25, 0.3) is 0 Å². The van der Waals surface area contributed by atoms with E-state index >= 15 is 0 Å². The quantitative estimate of drug-likeness (QED) is 0.700. The van der Waals surface area contributed by atoms with Crippen LogP contribution in [0, 0.1) is 0 Å². The average molecular weight is 206 g/mol. The lowest BCUT2D eigenvalue weighted by Crippen LogP contribution is -2.47. The van der Waals surface area contributed by atoms with E-state index in [-0.39, 0.29) is 6.03 Å². The minimum Gasteiger partial charge on any atom is -0.339 e. The average Bonchev–Trinajstić information content (AvgIpc) is 2.42. The summed E-state index contributed by atoms with van der Waals surface area (Å²) in [6.45, 7) is 4.38. The molecule has 1 saturated heterocycles. The highest BCUT2D eigenvalue weighted by atomic mass is 28.3. The van der Waals surface area contributed by atoms with Gasteiger partial charge in [-0.25, -0.2) is 4.79 Å². The zero-order chi connectivity index (χ0) is 10.2. The molecule has 1 aromatic carbocycles. The van der Waals surface area contributed by atoms with E-state index in [0.29, 0.717) is 0 Å². The summed E-state index contributed by atoms with van der Waals surface area (Å²) < 4.78 is 1.94. The first-order valence-electron chi connectivity index (χ1n) is 4.74. The highest BCUT2D eigenvalue weighted by Crippen LogP contribution is 2.24. The molecule has 0 aromatic heterocycles. The zero-order valence-electron chi connectivity index (χ0n) is 8.45. The van der Waals surface area contributed by atoms with Crippen molar-refractivity contribution in [2.75, 3.05) is 10.7 Å². The summed E-state index contributed by atoms with van der Waals surface area (Å²) >= 11 is 0. The monoisotopic (exact) mass is 206 g/mol. The van der Waals surface area contributed by atoms with E-state index < -0.39 is 8.24 Å². The Bertz CT molecular complexity index is 350. The van der Waals surface area contributed by atoms with E-state index in [2.05, 4.69) is 18.4 Å². The summed E-state index contributed by atoms with van der Waals surface area (Å²) in [4.78, 5) is 11.6. The number of urea groups is 1. The van der Waals surface area contributed by atoms with Gasteiger partial charge in [-0.2, -0.15) is 0 Å². The molecule has 2 rings (SSSR count). The number of amides is 2. The van der Waals surface area contributed by atoms with Gasteiger partial charge in [-0.05, 0) is 25.2 Å². The lowest BCUT2D eigenvalue weighted by molar-refractivity contribution is 0.252. The molecule has 14 heavy (non-hydrogen) atoms. The Morgan fingerprint density at radius 1 is 1.29 bits per heavy atom. The largest absolute Gasteiger partial charge is 0.339 e. The van der Waals surface area contributed by atoms with Gasteiger partial charge in [0.2, 0.25) is 0 Å². The number of benzene rings is 1. The Morgan fingerprint density at radius 3 is 2.43 bits per heavy atom. The Hall–Kier alpha value is -1.29. The van der Waals surface area contributed by atoms with Crippen LogP contribution in [0.15, 0.2) is 30.3 Å². The summed E-state index contributed by atoms with van der Waals surface area (Å²) in [7, 11) is -1.60. The van der Waals surface area contributed by atoms with Gasteiger partial charge in [-0.3, -0.25) is 0 Å². The molecule has 1 fully saturated rings. The Morgan fingerprint density at radius 2 is 1.93 bits per heavy atom. The summed E-state index contributed by atoms with van der Waals surface area (Å²) in [5.41, 5.74) is 1.01. The number of carbonyl (C=O) groups excluding carboxylic acids is 1. The maximum absolute atomic E-state index is 11.6. The first-order chi connectivity index (χ1) is 6.61. The molecule has 1 heterocycles. The standard InChI is InChI=1S/C10H14N2OSi/c1-14(2)8-11-10(13)12(14)9-6-4-3-5-7-9/h3-7H,8H2,1-2H3,(H,11,13). The van der Waals surface area contributed by atoms with E-state index in [9.17, 15) is 4.79 Å². The van der Waals surface area contributed by atoms with Crippen LogP contribution in [0.1, 0.15) is 0 Å². The Kier molecular flexibility index (Phi) is 2.07. The van der Waals surface area contributed by atoms with Crippen LogP contribution in [-0.4, -0.2) is 20.4 Å². The summed E-state index contributed by atoms with van der Waals surface area (Å²) in [5.74, 6) is 0. The minimum atomic E-state index is -1.60. The predicted molar refractivity (Wildman–Crippen MR) is 59.8 cm³/mol. The Labute approximate surface area is 84.8 Å². The number of hydrogen-bond donors (Lipinski definition) is 1. The molecule has 0 unspecified atom stereocenters. The first-order valence-corrected chi connectivity index (χ1v) is 7.90. The maximum Gasteiger partial charge on any atom is 0.313 e. The van der Waals surface area contributed by atoms with Gasteiger partial charge in [0.05, 0.1) is 0 Å². The lowest BCUT2D eigenvalue weighted by Gasteiger charge is -2.27. The molecule has 0 bridgehead atoms. The summed E-state index contributed by atoms with van der Waals surface area (Å²) in [5, 5.41) is 2.91. The van der Waals surface area contributed by atoms with Crippen LogP contribution in [0.2, 0.25) is 13.1 Å². The van der Waals surface area contributed by atoms with Gasteiger partial charge >= 0.3 is 6.03 Å². The second-order valence-electron chi connectivity index (χ2n) is 4.14. The van der Waals surface area contributed by atoms with Gasteiger partial charge in [-0.1, -0.05) is 18.2 Å². The van der Waals surface area contributed by atoms with Crippen molar-refractivity contribution in [3.8, 4) is 0 Å². The fourth-order valence-corrected chi connectivity index (χ4v) is 3.99. The van der Waals surface area contributed by atoms with E-state index in [0.717, 1.165) is 11.9 Å². The number of nitrogens with zero attached hydrogens (tertiary/aromatic N) is 1. The minimum absolute atomic E-state index is 0.0490. The van der Waals surface area contributed by atoms with Crippen LogP contribution in [0.25, 0.3) is 0 Å². The molecular weight excluding hydrogens is 192 g/mol. The lowest BCUT2D eigenvalue weighted by atomic mass is 10.3. The molecule has 3 nitrogen and oxygen atoms in total. The molecule has 1 aliphatic rings. The van der Waals surface area contributed by atoms with Gasteiger partial charge in [0, 0.05) is 11.9 Å². The van der Waals surface area contributed by atoms with Crippen molar-refractivity contribution in [3.05, 3.63) is 30.3 Å². The van der Waals surface area contributed by atoms with Gasteiger partial charge in [-0.15, -0.1) is 0 Å². The van der Waals surface area contributed by atoms with E-state index in [4.69, 9.17) is 0 Å². The van der Waals surface area contributed by atoms with Crippen LogP contribution in [0.3, 0.4) is 0 Å². The van der Waals surface area contributed by atoms with Crippen molar-refractivity contribution >= 4 is 20.0 Å². The van der Waals surface area contributed by atoms with Crippen molar-refractivity contribution in [1.29, 1.82) is 0 Å². The molecule has 4 heteroatoms. The third-order valence-electron chi connectivity index (χ3n) is 2.50. The van der Waals surface area contributed by atoms with Crippen LogP contribution in [0.4, 0.5) is 10.5 Å². The number of nitrogens with one attached hydrogen (secondary N) is 1. The number of anilines is 1. The molecule has 2 amide bonds. The van der Waals surface area contributed by atoms with Crippen LogP contribution < -0.4 is 9.88 Å². The molecule has 0 aliphatic carbocycles.